The largest absolute Gasteiger partial charge is 0.573 e. The Balaban J connectivity index is 1.78. The second-order valence-corrected chi connectivity index (χ2v) is 6.77. The molecule has 1 atom stereocenters. The van der Waals surface area contributed by atoms with E-state index in [0.717, 1.165) is 24.8 Å². The molecule has 150 valence electrons. The van der Waals surface area contributed by atoms with Crippen LogP contribution in [0.15, 0.2) is 54.6 Å². The van der Waals surface area contributed by atoms with Gasteiger partial charge in [-0.15, -0.1) is 13.2 Å². The molecule has 4 nitrogen and oxygen atoms in total. The van der Waals surface area contributed by atoms with E-state index < -0.39 is 12.4 Å². The SMILES string of the molecule is O=C(C(NCc1ccccc1OC(F)(F)F)c1ccccc1)N1CCCCC1. The van der Waals surface area contributed by atoms with Crippen molar-refractivity contribution >= 4 is 5.91 Å². The summed E-state index contributed by atoms with van der Waals surface area (Å²) in [6.45, 7) is 1.49. The fourth-order valence-electron chi connectivity index (χ4n) is 3.38. The van der Waals surface area contributed by atoms with Gasteiger partial charge in [0.15, 0.2) is 0 Å². The van der Waals surface area contributed by atoms with Crippen LogP contribution in [0.25, 0.3) is 0 Å². The molecular weight excluding hydrogens is 369 g/mol. The van der Waals surface area contributed by atoms with Crippen LogP contribution in [0.5, 0.6) is 5.75 Å². The number of nitrogens with zero attached hydrogens (tertiary/aromatic N) is 1. The van der Waals surface area contributed by atoms with Crippen LogP contribution in [-0.4, -0.2) is 30.3 Å². The van der Waals surface area contributed by atoms with E-state index in [1.807, 2.05) is 35.2 Å². The Kier molecular flexibility index (Phi) is 6.57. The summed E-state index contributed by atoms with van der Waals surface area (Å²) in [6, 6.07) is 14.6. The molecule has 28 heavy (non-hydrogen) atoms. The summed E-state index contributed by atoms with van der Waals surface area (Å²) in [5, 5.41) is 3.14. The predicted octanol–water partition coefficient (Wildman–Crippen LogP) is 4.43. The molecule has 0 saturated carbocycles. The van der Waals surface area contributed by atoms with Crippen LogP contribution in [0, 0.1) is 0 Å². The number of nitrogens with one attached hydrogen (secondary N) is 1. The summed E-state index contributed by atoms with van der Waals surface area (Å²) in [7, 11) is 0. The van der Waals surface area contributed by atoms with Crippen molar-refractivity contribution in [2.75, 3.05) is 13.1 Å². The lowest BCUT2D eigenvalue weighted by molar-refractivity contribution is -0.274. The fourth-order valence-corrected chi connectivity index (χ4v) is 3.38. The van der Waals surface area contributed by atoms with Crippen LogP contribution < -0.4 is 10.1 Å². The van der Waals surface area contributed by atoms with E-state index in [1.54, 1.807) is 12.1 Å². The van der Waals surface area contributed by atoms with Crippen molar-refractivity contribution in [2.24, 2.45) is 0 Å². The van der Waals surface area contributed by atoms with E-state index >= 15 is 0 Å². The molecule has 0 spiro atoms. The van der Waals surface area contributed by atoms with E-state index in [0.29, 0.717) is 18.7 Å². The Morgan fingerprint density at radius 1 is 1.00 bits per heavy atom. The first-order valence-electron chi connectivity index (χ1n) is 9.35. The van der Waals surface area contributed by atoms with Crippen molar-refractivity contribution in [2.45, 2.75) is 38.2 Å². The van der Waals surface area contributed by atoms with Gasteiger partial charge in [0.1, 0.15) is 11.8 Å². The van der Waals surface area contributed by atoms with Gasteiger partial charge < -0.3 is 9.64 Å². The minimum atomic E-state index is -4.77. The molecule has 1 fully saturated rings. The van der Waals surface area contributed by atoms with Crippen molar-refractivity contribution in [3.05, 3.63) is 65.7 Å². The van der Waals surface area contributed by atoms with Crippen molar-refractivity contribution in [3.63, 3.8) is 0 Å². The van der Waals surface area contributed by atoms with Crippen LogP contribution in [0.1, 0.15) is 36.4 Å². The second-order valence-electron chi connectivity index (χ2n) is 6.77. The van der Waals surface area contributed by atoms with Crippen LogP contribution >= 0.6 is 0 Å². The minimum absolute atomic E-state index is 0.0554. The molecule has 1 saturated heterocycles. The maximum Gasteiger partial charge on any atom is 0.573 e. The van der Waals surface area contributed by atoms with Gasteiger partial charge >= 0.3 is 6.36 Å². The zero-order valence-corrected chi connectivity index (χ0v) is 15.4. The Hall–Kier alpha value is -2.54. The van der Waals surface area contributed by atoms with Gasteiger partial charge in [-0.3, -0.25) is 10.1 Å². The van der Waals surface area contributed by atoms with Crippen LogP contribution in [0.3, 0.4) is 0 Å². The lowest BCUT2D eigenvalue weighted by Gasteiger charge is -2.31. The smallest absolute Gasteiger partial charge is 0.405 e. The lowest BCUT2D eigenvalue weighted by Crippen LogP contribution is -2.43. The van der Waals surface area contributed by atoms with Gasteiger partial charge in [-0.1, -0.05) is 48.5 Å². The Morgan fingerprint density at radius 3 is 2.32 bits per heavy atom. The molecular formula is C21H23F3N2O2. The van der Waals surface area contributed by atoms with Gasteiger partial charge in [0.25, 0.3) is 0 Å². The zero-order chi connectivity index (χ0) is 20.0. The molecule has 1 amide bonds. The summed E-state index contributed by atoms with van der Waals surface area (Å²) in [6.07, 6.45) is -1.72. The number of hydrogen-bond donors (Lipinski definition) is 1. The Morgan fingerprint density at radius 2 is 1.64 bits per heavy atom. The number of likely N-dealkylation sites (tertiary alicyclic amines) is 1. The van der Waals surface area contributed by atoms with E-state index in [-0.39, 0.29) is 18.2 Å². The van der Waals surface area contributed by atoms with E-state index in [4.69, 9.17) is 0 Å². The number of halogens is 3. The Bertz CT molecular complexity index is 775. The number of piperidine rings is 1. The molecule has 0 aliphatic carbocycles. The first kappa shape index (κ1) is 20.2. The van der Waals surface area contributed by atoms with Crippen LogP contribution in [0.4, 0.5) is 13.2 Å². The number of hydrogen-bond acceptors (Lipinski definition) is 3. The molecule has 0 radical (unpaired) electrons. The summed E-state index contributed by atoms with van der Waals surface area (Å²) in [4.78, 5) is 14.9. The molecule has 1 heterocycles. The number of benzene rings is 2. The van der Waals surface area contributed by atoms with Crippen molar-refractivity contribution in [3.8, 4) is 5.75 Å². The van der Waals surface area contributed by atoms with Crippen molar-refractivity contribution in [1.82, 2.24) is 10.2 Å². The third-order valence-corrected chi connectivity index (χ3v) is 4.74. The highest BCUT2D eigenvalue weighted by molar-refractivity contribution is 5.83. The third-order valence-electron chi connectivity index (χ3n) is 4.74. The maximum absolute atomic E-state index is 13.1. The summed E-state index contributed by atoms with van der Waals surface area (Å²) in [5.74, 6) is -0.320. The number of alkyl halides is 3. The quantitative estimate of drug-likeness (QED) is 0.791. The minimum Gasteiger partial charge on any atom is -0.405 e. The van der Waals surface area contributed by atoms with Crippen molar-refractivity contribution < 1.29 is 22.7 Å². The lowest BCUT2D eigenvalue weighted by atomic mass is 10.0. The van der Waals surface area contributed by atoms with Gasteiger partial charge in [-0.2, -0.15) is 0 Å². The molecule has 3 rings (SSSR count). The zero-order valence-electron chi connectivity index (χ0n) is 15.4. The topological polar surface area (TPSA) is 41.6 Å². The van der Waals surface area contributed by atoms with Crippen molar-refractivity contribution in [1.29, 1.82) is 0 Å². The van der Waals surface area contributed by atoms with E-state index in [1.165, 1.54) is 12.1 Å². The number of para-hydroxylation sites is 1. The molecule has 1 unspecified atom stereocenters. The average molecular weight is 392 g/mol. The summed E-state index contributed by atoms with van der Waals surface area (Å²) >= 11 is 0. The predicted molar refractivity (Wildman–Crippen MR) is 99.6 cm³/mol. The van der Waals surface area contributed by atoms with Gasteiger partial charge in [-0.25, -0.2) is 0 Å². The first-order chi connectivity index (χ1) is 13.4. The number of rotatable bonds is 6. The monoisotopic (exact) mass is 392 g/mol. The van der Waals surface area contributed by atoms with E-state index in [9.17, 15) is 18.0 Å². The molecule has 2 aromatic rings. The van der Waals surface area contributed by atoms with Gasteiger partial charge in [0.2, 0.25) is 5.91 Å². The average Bonchev–Trinajstić information content (AvgIpc) is 2.69. The van der Waals surface area contributed by atoms with Gasteiger partial charge in [0.05, 0.1) is 0 Å². The Labute approximate surface area is 162 Å². The molecule has 0 bridgehead atoms. The van der Waals surface area contributed by atoms with Crippen LogP contribution in [-0.2, 0) is 11.3 Å². The number of carbonyl (C=O) groups is 1. The highest BCUT2D eigenvalue weighted by Gasteiger charge is 2.32. The van der Waals surface area contributed by atoms with Crippen LogP contribution in [0.2, 0.25) is 0 Å². The molecule has 1 aliphatic rings. The highest BCUT2D eigenvalue weighted by Crippen LogP contribution is 2.27. The highest BCUT2D eigenvalue weighted by atomic mass is 19.4. The molecule has 1 N–H and O–H groups in total. The van der Waals surface area contributed by atoms with Gasteiger partial charge in [0, 0.05) is 25.2 Å². The standard InChI is InChI=1S/C21H23F3N2O2/c22-21(23,24)28-18-12-6-5-11-17(18)15-25-19(16-9-3-1-4-10-16)20(27)26-13-7-2-8-14-26/h1,3-6,9-12,19,25H,2,7-8,13-15H2. The third kappa shape index (κ3) is 5.48. The summed E-state index contributed by atoms with van der Waals surface area (Å²) < 4.78 is 42.1. The van der Waals surface area contributed by atoms with E-state index in [2.05, 4.69) is 10.1 Å². The van der Waals surface area contributed by atoms with Gasteiger partial charge in [-0.05, 0) is 30.9 Å². The molecule has 0 aromatic heterocycles. The second kappa shape index (κ2) is 9.10. The number of carbonyl (C=O) groups excluding carboxylic acids is 1. The number of ether oxygens (including phenoxy) is 1. The summed E-state index contributed by atoms with van der Waals surface area (Å²) in [5.41, 5.74) is 1.12. The normalized spacial score (nSPS) is 15.9. The fraction of sp³-hybridized carbons (Fsp3) is 0.381. The first-order valence-corrected chi connectivity index (χ1v) is 9.35. The molecule has 2 aromatic carbocycles. The maximum atomic E-state index is 13.1. The molecule has 1 aliphatic heterocycles. The number of amides is 1. The molecule has 7 heteroatoms.